The summed E-state index contributed by atoms with van der Waals surface area (Å²) in [4.78, 5) is 16.0. The van der Waals surface area contributed by atoms with E-state index in [4.69, 9.17) is 11.6 Å². The molecule has 1 aromatic rings. The van der Waals surface area contributed by atoms with Crippen molar-refractivity contribution in [1.29, 1.82) is 0 Å². The van der Waals surface area contributed by atoms with E-state index in [1.165, 1.54) is 37.7 Å². The van der Waals surface area contributed by atoms with Gasteiger partial charge in [0.2, 0.25) is 0 Å². The highest BCUT2D eigenvalue weighted by molar-refractivity contribution is 7.18. The zero-order valence-electron chi connectivity index (χ0n) is 10.6. The van der Waals surface area contributed by atoms with Gasteiger partial charge in [0, 0.05) is 5.54 Å². The van der Waals surface area contributed by atoms with Gasteiger partial charge in [0.15, 0.2) is 15.2 Å². The van der Waals surface area contributed by atoms with Crippen LogP contribution in [0.15, 0.2) is 0 Å². The van der Waals surface area contributed by atoms with Crippen LogP contribution in [0.3, 0.4) is 0 Å². The van der Waals surface area contributed by atoms with Crippen molar-refractivity contribution >= 4 is 34.0 Å². The van der Waals surface area contributed by atoms with E-state index < -0.39 is 5.97 Å². The first-order chi connectivity index (χ1) is 8.54. The van der Waals surface area contributed by atoms with Gasteiger partial charge in [-0.25, -0.2) is 9.78 Å². The Bertz CT molecular complexity index is 441. The molecule has 0 saturated heterocycles. The third-order valence-electron chi connectivity index (χ3n) is 3.32. The summed E-state index contributed by atoms with van der Waals surface area (Å²) >= 11 is 7.20. The van der Waals surface area contributed by atoms with Crippen LogP contribution in [0.2, 0.25) is 5.15 Å². The van der Waals surface area contributed by atoms with Crippen LogP contribution in [-0.2, 0) is 4.74 Å². The molecule has 100 valence electrons. The number of nitrogens with one attached hydrogen (secondary N) is 1. The maximum Gasteiger partial charge on any atom is 0.351 e. The average Bonchev–Trinajstić information content (AvgIpc) is 2.69. The maximum absolute atomic E-state index is 11.5. The summed E-state index contributed by atoms with van der Waals surface area (Å²) in [5.74, 6) is -0.431. The Hall–Kier alpha value is -0.810. The molecule has 0 unspecified atom stereocenters. The maximum atomic E-state index is 11.5. The molecule has 6 heteroatoms. The number of carbonyl (C=O) groups excluding carboxylic acids is 1. The SMILES string of the molecule is COC(=O)c1sc(NC2(C)CCCCC2)nc1Cl. The Kier molecular flexibility index (Phi) is 4.12. The number of ether oxygens (including phenoxy) is 1. The molecular weight excluding hydrogens is 272 g/mol. The van der Waals surface area contributed by atoms with Gasteiger partial charge in [0.25, 0.3) is 0 Å². The number of anilines is 1. The molecule has 0 radical (unpaired) electrons. The Labute approximate surface area is 116 Å². The smallest absolute Gasteiger partial charge is 0.351 e. The van der Waals surface area contributed by atoms with Crippen molar-refractivity contribution in [2.24, 2.45) is 0 Å². The fourth-order valence-corrected chi connectivity index (χ4v) is 3.54. The molecule has 0 aromatic carbocycles. The number of nitrogens with zero attached hydrogens (tertiary/aromatic N) is 1. The van der Waals surface area contributed by atoms with Crippen molar-refractivity contribution in [3.63, 3.8) is 0 Å². The second-order valence-electron chi connectivity index (χ2n) is 4.88. The summed E-state index contributed by atoms with van der Waals surface area (Å²) in [5, 5.41) is 4.33. The summed E-state index contributed by atoms with van der Waals surface area (Å²) in [6, 6.07) is 0. The molecule has 2 rings (SSSR count). The molecule has 1 aliphatic rings. The first-order valence-electron chi connectivity index (χ1n) is 6.07. The van der Waals surface area contributed by atoms with Crippen molar-refractivity contribution < 1.29 is 9.53 Å². The topological polar surface area (TPSA) is 51.2 Å². The van der Waals surface area contributed by atoms with Crippen LogP contribution in [0, 0.1) is 0 Å². The van der Waals surface area contributed by atoms with E-state index in [1.54, 1.807) is 0 Å². The Morgan fingerprint density at radius 2 is 2.11 bits per heavy atom. The quantitative estimate of drug-likeness (QED) is 0.861. The van der Waals surface area contributed by atoms with Gasteiger partial charge in [0.1, 0.15) is 0 Å². The van der Waals surface area contributed by atoms with Crippen molar-refractivity contribution in [2.45, 2.75) is 44.6 Å². The van der Waals surface area contributed by atoms with Crippen molar-refractivity contribution in [3.05, 3.63) is 10.0 Å². The molecule has 0 atom stereocenters. The highest BCUT2D eigenvalue weighted by Gasteiger charge is 2.28. The van der Waals surface area contributed by atoms with Gasteiger partial charge in [-0.05, 0) is 19.8 Å². The van der Waals surface area contributed by atoms with Crippen molar-refractivity contribution in [2.75, 3.05) is 12.4 Å². The molecule has 1 aromatic heterocycles. The predicted molar refractivity (Wildman–Crippen MR) is 73.6 cm³/mol. The third-order valence-corrected chi connectivity index (χ3v) is 4.66. The minimum atomic E-state index is -0.431. The summed E-state index contributed by atoms with van der Waals surface area (Å²) < 4.78 is 4.66. The largest absolute Gasteiger partial charge is 0.465 e. The van der Waals surface area contributed by atoms with Crippen LogP contribution < -0.4 is 5.32 Å². The molecule has 0 bridgehead atoms. The minimum absolute atomic E-state index is 0.0623. The number of carbonyl (C=O) groups is 1. The average molecular weight is 289 g/mol. The van der Waals surface area contributed by atoms with Crippen LogP contribution >= 0.6 is 22.9 Å². The number of hydrogen-bond acceptors (Lipinski definition) is 5. The van der Waals surface area contributed by atoms with Crippen LogP contribution in [0.1, 0.15) is 48.7 Å². The summed E-state index contributed by atoms with van der Waals surface area (Å²) in [6.07, 6.45) is 6.00. The van der Waals surface area contributed by atoms with Gasteiger partial charge in [0.05, 0.1) is 7.11 Å². The monoisotopic (exact) mass is 288 g/mol. The van der Waals surface area contributed by atoms with Crippen LogP contribution in [0.5, 0.6) is 0 Å². The molecule has 0 amide bonds. The Morgan fingerprint density at radius 3 is 2.72 bits per heavy atom. The van der Waals surface area contributed by atoms with Crippen molar-refractivity contribution in [1.82, 2.24) is 4.98 Å². The molecule has 0 spiro atoms. The van der Waals surface area contributed by atoms with Crippen LogP contribution in [0.25, 0.3) is 0 Å². The number of esters is 1. The molecular formula is C12H17ClN2O2S. The fourth-order valence-electron chi connectivity index (χ4n) is 2.29. The number of methoxy groups -OCH3 is 1. The van der Waals surface area contributed by atoms with Gasteiger partial charge in [-0.1, -0.05) is 42.2 Å². The molecule has 4 nitrogen and oxygen atoms in total. The standard InChI is InChI=1S/C12H17ClN2O2S/c1-12(6-4-3-5-7-12)15-11-14-9(13)8(18-11)10(16)17-2/h3-7H2,1-2H3,(H,14,15). The van der Waals surface area contributed by atoms with E-state index in [9.17, 15) is 4.79 Å². The molecule has 18 heavy (non-hydrogen) atoms. The van der Waals surface area contributed by atoms with Crippen LogP contribution in [0.4, 0.5) is 5.13 Å². The van der Waals surface area contributed by atoms with E-state index in [-0.39, 0.29) is 10.7 Å². The molecule has 1 aliphatic carbocycles. The summed E-state index contributed by atoms with van der Waals surface area (Å²) in [7, 11) is 1.34. The molecule has 1 saturated carbocycles. The first-order valence-corrected chi connectivity index (χ1v) is 7.26. The second kappa shape index (κ2) is 5.45. The van der Waals surface area contributed by atoms with Gasteiger partial charge in [-0.15, -0.1) is 0 Å². The molecule has 1 heterocycles. The molecule has 1 N–H and O–H groups in total. The zero-order chi connectivity index (χ0) is 13.2. The Morgan fingerprint density at radius 1 is 1.44 bits per heavy atom. The fraction of sp³-hybridized carbons (Fsp3) is 0.667. The van der Waals surface area contributed by atoms with E-state index in [2.05, 4.69) is 22.0 Å². The number of halogens is 1. The van der Waals surface area contributed by atoms with Gasteiger partial charge < -0.3 is 10.1 Å². The lowest BCUT2D eigenvalue weighted by Gasteiger charge is -2.34. The van der Waals surface area contributed by atoms with Gasteiger partial charge in [-0.3, -0.25) is 0 Å². The third kappa shape index (κ3) is 2.95. The number of aromatic nitrogens is 1. The van der Waals surface area contributed by atoms with E-state index in [0.717, 1.165) is 12.8 Å². The first kappa shape index (κ1) is 13.6. The zero-order valence-corrected chi connectivity index (χ0v) is 12.2. The highest BCUT2D eigenvalue weighted by Crippen LogP contribution is 2.34. The highest BCUT2D eigenvalue weighted by atomic mass is 35.5. The van der Waals surface area contributed by atoms with E-state index >= 15 is 0 Å². The second-order valence-corrected chi connectivity index (χ2v) is 6.23. The lowest BCUT2D eigenvalue weighted by Crippen LogP contribution is -2.36. The number of thiazole rings is 1. The molecule has 1 fully saturated rings. The predicted octanol–water partition coefficient (Wildman–Crippen LogP) is 3.72. The minimum Gasteiger partial charge on any atom is -0.465 e. The summed E-state index contributed by atoms with van der Waals surface area (Å²) in [5.41, 5.74) is 0.0623. The van der Waals surface area contributed by atoms with E-state index in [0.29, 0.717) is 10.0 Å². The number of rotatable bonds is 3. The summed E-state index contributed by atoms with van der Waals surface area (Å²) in [6.45, 7) is 2.19. The van der Waals surface area contributed by atoms with Crippen molar-refractivity contribution in [3.8, 4) is 0 Å². The molecule has 0 aliphatic heterocycles. The van der Waals surface area contributed by atoms with Gasteiger partial charge in [-0.2, -0.15) is 0 Å². The van der Waals surface area contributed by atoms with E-state index in [1.807, 2.05) is 0 Å². The van der Waals surface area contributed by atoms with Gasteiger partial charge >= 0.3 is 5.97 Å². The normalized spacial score (nSPS) is 18.4. The Balaban J connectivity index is 2.12. The number of hydrogen-bond donors (Lipinski definition) is 1. The lowest BCUT2D eigenvalue weighted by molar-refractivity contribution is 0.0606. The van der Waals surface area contributed by atoms with Crippen LogP contribution in [-0.4, -0.2) is 23.6 Å². The lowest BCUT2D eigenvalue weighted by atomic mass is 9.83.